The molecular weight excluding hydrogens is 612 g/mol. The lowest BCUT2D eigenvalue weighted by Gasteiger charge is -2.54. The largest absolute Gasteiger partial charge is 0.458 e. The Labute approximate surface area is 276 Å². The average Bonchev–Trinajstić information content (AvgIpc) is 3.77. The van der Waals surface area contributed by atoms with E-state index in [0.717, 1.165) is 0 Å². The van der Waals surface area contributed by atoms with Gasteiger partial charge in [0.15, 0.2) is 24.6 Å². The molecule has 0 aromatic heterocycles. The molecule has 10 unspecified atom stereocenters. The molecule has 47 heavy (non-hydrogen) atoms. The van der Waals surface area contributed by atoms with Crippen LogP contribution in [-0.4, -0.2) is 88.7 Å². The number of aliphatic hydroxyl groups is 1. The van der Waals surface area contributed by atoms with Gasteiger partial charge in [-0.2, -0.15) is 0 Å². The fraction of sp³-hybridized carbons (Fsp3) is 0.714. The highest BCUT2D eigenvalue weighted by molar-refractivity contribution is 5.88. The van der Waals surface area contributed by atoms with Gasteiger partial charge in [0, 0.05) is 30.4 Å². The molecular formula is C35H50O12. The van der Waals surface area contributed by atoms with Gasteiger partial charge >= 0.3 is 23.9 Å². The van der Waals surface area contributed by atoms with E-state index in [4.69, 9.17) is 33.2 Å². The monoisotopic (exact) mass is 662 g/mol. The van der Waals surface area contributed by atoms with Crippen molar-refractivity contribution in [2.75, 3.05) is 0 Å². The Bertz CT molecular complexity index is 1360. The summed E-state index contributed by atoms with van der Waals surface area (Å²) in [6.45, 7) is 20.4. The second-order valence-electron chi connectivity index (χ2n) is 14.0. The van der Waals surface area contributed by atoms with Crippen LogP contribution >= 0.6 is 0 Å². The van der Waals surface area contributed by atoms with Gasteiger partial charge in [-0.05, 0) is 79.7 Å². The SMILES string of the molecule is C=C1C(OC(C)=O)CCC2(C)CCC(O)(C(C)(C)OC3OC(C)C(OC(=O)C(C)=CC)C(OC(C)=O)C3OC(=O)C(C)=CC)C3OC132. The highest BCUT2D eigenvalue weighted by Gasteiger charge is 2.81. The van der Waals surface area contributed by atoms with Crippen LogP contribution < -0.4 is 0 Å². The van der Waals surface area contributed by atoms with Crippen molar-refractivity contribution < 1.29 is 57.4 Å². The van der Waals surface area contributed by atoms with Crippen molar-refractivity contribution in [3.63, 3.8) is 0 Å². The summed E-state index contributed by atoms with van der Waals surface area (Å²) >= 11 is 0. The standard InChI is InChI=1S/C35H50O12/c1-12-18(3)28(38)44-25-21(6)41-30(27(26(25)43-23(8)37)45-29(39)19(4)13-2)46-32(9,10)34(40)17-16-33(11)15-14-24(42-22(7)36)20(5)35(33)31(34)47-35/h12-13,21,24-27,30-31,40H,5,14-17H2,1-4,6-11H3. The van der Waals surface area contributed by atoms with E-state index in [9.17, 15) is 24.3 Å². The van der Waals surface area contributed by atoms with Crippen LogP contribution in [0.3, 0.4) is 0 Å². The molecule has 4 rings (SSSR count). The number of rotatable bonds is 9. The Hall–Kier alpha value is -3.06. The van der Waals surface area contributed by atoms with Gasteiger partial charge in [-0.25, -0.2) is 9.59 Å². The summed E-state index contributed by atoms with van der Waals surface area (Å²) in [7, 11) is 0. The molecule has 2 saturated heterocycles. The first kappa shape index (κ1) is 36.8. The van der Waals surface area contributed by atoms with E-state index in [1.165, 1.54) is 13.8 Å². The zero-order valence-corrected chi connectivity index (χ0v) is 29.2. The molecule has 2 aliphatic carbocycles. The molecule has 12 heteroatoms. The van der Waals surface area contributed by atoms with Gasteiger partial charge in [0.1, 0.15) is 23.4 Å². The Morgan fingerprint density at radius 2 is 1.43 bits per heavy atom. The molecule has 2 heterocycles. The lowest BCUT2D eigenvalue weighted by Crippen LogP contribution is -2.67. The molecule has 0 bridgehead atoms. The molecule has 1 N–H and O–H groups in total. The number of epoxide rings is 1. The fourth-order valence-corrected chi connectivity index (χ4v) is 7.32. The molecule has 12 nitrogen and oxygen atoms in total. The lowest BCUT2D eigenvalue weighted by atomic mass is 9.53. The molecule has 262 valence electrons. The van der Waals surface area contributed by atoms with E-state index in [2.05, 4.69) is 13.5 Å². The summed E-state index contributed by atoms with van der Waals surface area (Å²) in [6, 6.07) is 0. The average molecular weight is 663 g/mol. The Kier molecular flexibility index (Phi) is 10.2. The molecule has 2 saturated carbocycles. The Morgan fingerprint density at radius 3 is 1.96 bits per heavy atom. The second-order valence-corrected chi connectivity index (χ2v) is 14.0. The van der Waals surface area contributed by atoms with Crippen molar-refractivity contribution in [1.29, 1.82) is 0 Å². The molecule has 2 aliphatic heterocycles. The van der Waals surface area contributed by atoms with Gasteiger partial charge in [-0.15, -0.1) is 0 Å². The van der Waals surface area contributed by atoms with E-state index >= 15 is 0 Å². The maximum Gasteiger partial charge on any atom is 0.333 e. The number of esters is 4. The molecule has 0 radical (unpaired) electrons. The number of hydrogen-bond acceptors (Lipinski definition) is 12. The third-order valence-electron chi connectivity index (χ3n) is 10.6. The van der Waals surface area contributed by atoms with Crippen molar-refractivity contribution in [3.05, 3.63) is 35.5 Å². The number of hydrogen-bond donors (Lipinski definition) is 1. The fourth-order valence-electron chi connectivity index (χ4n) is 7.32. The molecule has 0 aromatic carbocycles. The van der Waals surface area contributed by atoms with Crippen LogP contribution in [0.25, 0.3) is 0 Å². The van der Waals surface area contributed by atoms with Crippen LogP contribution in [0.2, 0.25) is 0 Å². The van der Waals surface area contributed by atoms with Crippen molar-refractivity contribution in [1.82, 2.24) is 0 Å². The molecule has 4 fully saturated rings. The molecule has 1 spiro atoms. The van der Waals surface area contributed by atoms with E-state index in [-0.39, 0.29) is 11.0 Å². The highest BCUT2D eigenvalue weighted by Crippen LogP contribution is 2.70. The normalized spacial score (nSPS) is 38.8. The number of allylic oxidation sites excluding steroid dienone is 2. The number of carbonyl (C=O) groups is 4. The third-order valence-corrected chi connectivity index (χ3v) is 10.6. The Morgan fingerprint density at radius 1 is 0.872 bits per heavy atom. The van der Waals surface area contributed by atoms with E-state index in [1.54, 1.807) is 60.6 Å². The maximum atomic E-state index is 13.1. The van der Waals surface area contributed by atoms with Crippen LogP contribution in [0.4, 0.5) is 0 Å². The molecule has 4 aliphatic rings. The smallest absolute Gasteiger partial charge is 0.333 e. The Balaban J connectivity index is 1.69. The van der Waals surface area contributed by atoms with E-state index in [1.807, 2.05) is 0 Å². The summed E-state index contributed by atoms with van der Waals surface area (Å²) in [6.07, 6.45) is -2.10. The first-order chi connectivity index (χ1) is 21.8. The minimum Gasteiger partial charge on any atom is -0.458 e. The zero-order valence-electron chi connectivity index (χ0n) is 29.2. The maximum absolute atomic E-state index is 13.1. The number of carbonyl (C=O) groups excluding carboxylic acids is 4. The highest BCUT2D eigenvalue weighted by atomic mass is 16.7. The van der Waals surface area contributed by atoms with Gasteiger partial charge in [-0.1, -0.05) is 25.7 Å². The summed E-state index contributed by atoms with van der Waals surface area (Å²) in [5, 5.41) is 12.5. The first-order valence-corrected chi connectivity index (χ1v) is 16.2. The van der Waals surface area contributed by atoms with Gasteiger partial charge < -0.3 is 38.3 Å². The van der Waals surface area contributed by atoms with Gasteiger partial charge in [-0.3, -0.25) is 9.59 Å². The van der Waals surface area contributed by atoms with Crippen molar-refractivity contribution in [2.45, 2.75) is 155 Å². The van der Waals surface area contributed by atoms with Crippen LogP contribution in [0.1, 0.15) is 94.9 Å². The number of ether oxygens (including phenoxy) is 7. The summed E-state index contributed by atoms with van der Waals surface area (Å²) in [5.41, 5.74) is -3.11. The second kappa shape index (κ2) is 13.1. The van der Waals surface area contributed by atoms with E-state index in [0.29, 0.717) is 36.8 Å². The minimum absolute atomic E-state index is 0.276. The van der Waals surface area contributed by atoms with Crippen LogP contribution in [0.5, 0.6) is 0 Å². The summed E-state index contributed by atoms with van der Waals surface area (Å²) < 4.78 is 42.1. The topological polar surface area (TPSA) is 156 Å². The van der Waals surface area contributed by atoms with Gasteiger partial charge in [0.05, 0.1) is 11.7 Å². The quantitative estimate of drug-likeness (QED) is 0.124. The summed E-state index contributed by atoms with van der Waals surface area (Å²) in [5.74, 6) is -2.51. The van der Waals surface area contributed by atoms with Crippen LogP contribution in [-0.2, 0) is 52.3 Å². The van der Waals surface area contributed by atoms with E-state index < -0.39 is 83.6 Å². The predicted molar refractivity (Wildman–Crippen MR) is 167 cm³/mol. The van der Waals surface area contributed by atoms with Crippen molar-refractivity contribution in [2.24, 2.45) is 5.41 Å². The predicted octanol–water partition coefficient (Wildman–Crippen LogP) is 4.16. The summed E-state index contributed by atoms with van der Waals surface area (Å²) in [4.78, 5) is 50.2. The third kappa shape index (κ3) is 6.41. The lowest BCUT2D eigenvalue weighted by molar-refractivity contribution is -0.341. The van der Waals surface area contributed by atoms with Crippen molar-refractivity contribution in [3.8, 4) is 0 Å². The molecule has 10 atom stereocenters. The van der Waals surface area contributed by atoms with Crippen LogP contribution in [0.15, 0.2) is 35.5 Å². The zero-order chi connectivity index (χ0) is 35.3. The first-order valence-electron chi connectivity index (χ1n) is 16.2. The van der Waals surface area contributed by atoms with Crippen LogP contribution in [0, 0.1) is 5.41 Å². The van der Waals surface area contributed by atoms with Crippen molar-refractivity contribution >= 4 is 23.9 Å². The van der Waals surface area contributed by atoms with Gasteiger partial charge in [0.25, 0.3) is 0 Å². The molecule has 0 amide bonds. The minimum atomic E-state index is -1.60. The molecule has 0 aromatic rings. The van der Waals surface area contributed by atoms with Gasteiger partial charge in [0.2, 0.25) is 0 Å².